The maximum absolute atomic E-state index is 13.3. The first-order valence-corrected chi connectivity index (χ1v) is 12.6. The molecule has 1 N–H and O–H groups in total. The number of fused-ring (bicyclic) bond motifs is 1. The summed E-state index contributed by atoms with van der Waals surface area (Å²) in [6, 6.07) is 14.3. The minimum Gasteiger partial charge on any atom is -0.336 e. The van der Waals surface area contributed by atoms with Crippen LogP contribution in [0.5, 0.6) is 0 Å². The van der Waals surface area contributed by atoms with Gasteiger partial charge in [-0.1, -0.05) is 42.1 Å². The van der Waals surface area contributed by atoms with Crippen LogP contribution in [-0.2, 0) is 16.1 Å². The number of nitrogens with one attached hydrogen (secondary N) is 1. The quantitative estimate of drug-likeness (QED) is 0.511. The van der Waals surface area contributed by atoms with Gasteiger partial charge >= 0.3 is 0 Å². The maximum Gasteiger partial charge on any atom is 0.243 e. The van der Waals surface area contributed by atoms with Gasteiger partial charge in [0.1, 0.15) is 6.54 Å². The number of carbonyl (C=O) groups is 2. The first-order chi connectivity index (χ1) is 15.8. The van der Waals surface area contributed by atoms with E-state index in [0.29, 0.717) is 5.16 Å². The second kappa shape index (κ2) is 10.00. The third kappa shape index (κ3) is 5.08. The predicted molar refractivity (Wildman–Crippen MR) is 135 cm³/mol. The average molecular weight is 465 g/mol. The molecule has 1 aromatic heterocycles. The number of piperidine rings is 1. The first kappa shape index (κ1) is 23.4. The van der Waals surface area contributed by atoms with Gasteiger partial charge in [-0.25, -0.2) is 4.98 Å². The van der Waals surface area contributed by atoms with Crippen molar-refractivity contribution < 1.29 is 9.59 Å². The van der Waals surface area contributed by atoms with Crippen molar-refractivity contribution in [1.82, 2.24) is 14.5 Å². The van der Waals surface area contributed by atoms with Gasteiger partial charge in [-0.15, -0.1) is 0 Å². The molecule has 0 unspecified atom stereocenters. The number of likely N-dealkylation sites (tertiary alicyclic amines) is 1. The molecule has 4 rings (SSSR count). The van der Waals surface area contributed by atoms with Crippen LogP contribution in [0, 0.1) is 13.8 Å². The molecule has 2 amide bonds. The molecule has 0 spiro atoms. The summed E-state index contributed by atoms with van der Waals surface area (Å²) in [4.78, 5) is 32.8. The van der Waals surface area contributed by atoms with Crippen LogP contribution >= 0.6 is 11.8 Å². The van der Waals surface area contributed by atoms with E-state index in [2.05, 4.69) is 19.2 Å². The van der Waals surface area contributed by atoms with Gasteiger partial charge in [0.15, 0.2) is 5.16 Å². The zero-order valence-electron chi connectivity index (χ0n) is 19.8. The molecule has 1 aliphatic heterocycles. The van der Waals surface area contributed by atoms with Crippen LogP contribution in [0.3, 0.4) is 0 Å². The van der Waals surface area contributed by atoms with Crippen molar-refractivity contribution >= 4 is 40.3 Å². The summed E-state index contributed by atoms with van der Waals surface area (Å²) in [6.07, 6.45) is 3.25. The maximum atomic E-state index is 13.3. The summed E-state index contributed by atoms with van der Waals surface area (Å²) < 4.78 is 1.96. The molecule has 2 aromatic carbocycles. The van der Waals surface area contributed by atoms with E-state index in [1.807, 2.05) is 65.8 Å². The molecule has 0 saturated carbocycles. The van der Waals surface area contributed by atoms with Gasteiger partial charge in [-0.05, 0) is 70.2 Å². The zero-order valence-corrected chi connectivity index (χ0v) is 20.6. The Morgan fingerprint density at radius 2 is 1.70 bits per heavy atom. The topological polar surface area (TPSA) is 67.2 Å². The number of thioether (sulfide) groups is 1. The van der Waals surface area contributed by atoms with Crippen molar-refractivity contribution in [2.45, 2.75) is 70.7 Å². The Labute approximate surface area is 199 Å². The highest BCUT2D eigenvalue weighted by atomic mass is 32.2. The van der Waals surface area contributed by atoms with Crippen molar-refractivity contribution in [3.8, 4) is 0 Å². The standard InChI is InChI=1S/C26H32N4O2S/c1-17-9-7-10-18(2)25(17)28-23(31)16-33-26-27-21-13-5-6-14-22(21)29(26)15-24(32)30-19(3)11-8-12-20(30)4/h5-7,9-10,13-14,19-20H,8,11-12,15-16H2,1-4H3,(H,28,31)/t19-,20+. The summed E-state index contributed by atoms with van der Waals surface area (Å²) in [5, 5.41) is 3.73. The molecule has 174 valence electrons. The van der Waals surface area contributed by atoms with Crippen LogP contribution in [-0.4, -0.2) is 44.1 Å². The fourth-order valence-corrected chi connectivity index (χ4v) is 5.58. The van der Waals surface area contributed by atoms with E-state index in [1.165, 1.54) is 11.8 Å². The molecule has 7 heteroatoms. The van der Waals surface area contributed by atoms with E-state index in [4.69, 9.17) is 4.98 Å². The summed E-state index contributed by atoms with van der Waals surface area (Å²) in [7, 11) is 0. The van der Waals surface area contributed by atoms with Crippen LogP contribution in [0.4, 0.5) is 5.69 Å². The van der Waals surface area contributed by atoms with Crippen molar-refractivity contribution in [1.29, 1.82) is 0 Å². The Morgan fingerprint density at radius 1 is 1.03 bits per heavy atom. The molecule has 3 aromatic rings. The molecule has 2 heterocycles. The van der Waals surface area contributed by atoms with Gasteiger partial charge in [0.2, 0.25) is 11.8 Å². The molecule has 2 atom stereocenters. The van der Waals surface area contributed by atoms with E-state index in [1.54, 1.807) is 0 Å². The molecule has 1 saturated heterocycles. The van der Waals surface area contributed by atoms with Gasteiger partial charge in [-0.3, -0.25) is 9.59 Å². The number of aromatic nitrogens is 2. The van der Waals surface area contributed by atoms with Crippen LogP contribution in [0.15, 0.2) is 47.6 Å². The van der Waals surface area contributed by atoms with E-state index in [0.717, 1.165) is 47.1 Å². The van der Waals surface area contributed by atoms with Crippen LogP contribution < -0.4 is 5.32 Å². The molecule has 6 nitrogen and oxygen atoms in total. The molecule has 0 radical (unpaired) electrons. The van der Waals surface area contributed by atoms with Gasteiger partial charge in [0.25, 0.3) is 0 Å². The number of anilines is 1. The van der Waals surface area contributed by atoms with E-state index < -0.39 is 0 Å². The fourth-order valence-electron chi connectivity index (χ4n) is 4.76. The van der Waals surface area contributed by atoms with Crippen molar-refractivity contribution in [3.05, 3.63) is 53.6 Å². The Morgan fingerprint density at radius 3 is 2.39 bits per heavy atom. The number of hydrogen-bond donors (Lipinski definition) is 1. The first-order valence-electron chi connectivity index (χ1n) is 11.6. The molecular weight excluding hydrogens is 432 g/mol. The number of benzene rings is 2. The van der Waals surface area contributed by atoms with Gasteiger partial charge < -0.3 is 14.8 Å². The number of hydrogen-bond acceptors (Lipinski definition) is 4. The second-order valence-corrected chi connectivity index (χ2v) is 9.95. The lowest BCUT2D eigenvalue weighted by molar-refractivity contribution is -0.138. The average Bonchev–Trinajstić information content (AvgIpc) is 3.12. The number of carbonyl (C=O) groups excluding carboxylic acids is 2. The number of imidazole rings is 1. The Kier molecular flexibility index (Phi) is 7.08. The third-order valence-electron chi connectivity index (χ3n) is 6.47. The summed E-state index contributed by atoms with van der Waals surface area (Å²) >= 11 is 1.37. The van der Waals surface area contributed by atoms with Gasteiger partial charge in [-0.2, -0.15) is 0 Å². The van der Waals surface area contributed by atoms with Crippen molar-refractivity contribution in [2.75, 3.05) is 11.1 Å². The number of para-hydroxylation sites is 3. The van der Waals surface area contributed by atoms with E-state index >= 15 is 0 Å². The third-order valence-corrected chi connectivity index (χ3v) is 7.45. The minimum atomic E-state index is -0.0828. The van der Waals surface area contributed by atoms with Gasteiger partial charge in [0.05, 0.1) is 16.8 Å². The van der Waals surface area contributed by atoms with Crippen LogP contribution in [0.25, 0.3) is 11.0 Å². The van der Waals surface area contributed by atoms with Crippen LogP contribution in [0.2, 0.25) is 0 Å². The number of nitrogens with zero attached hydrogens (tertiary/aromatic N) is 3. The number of aryl methyl sites for hydroxylation is 2. The lowest BCUT2D eigenvalue weighted by atomic mass is 9.97. The number of amides is 2. The van der Waals surface area contributed by atoms with Crippen molar-refractivity contribution in [2.24, 2.45) is 0 Å². The highest BCUT2D eigenvalue weighted by Crippen LogP contribution is 2.27. The Hall–Kier alpha value is -2.80. The zero-order chi connectivity index (χ0) is 23.5. The molecular formula is C26H32N4O2S. The highest BCUT2D eigenvalue weighted by molar-refractivity contribution is 7.99. The molecule has 0 aliphatic carbocycles. The van der Waals surface area contributed by atoms with Gasteiger partial charge in [0, 0.05) is 17.8 Å². The summed E-state index contributed by atoms with van der Waals surface area (Å²) in [6.45, 7) is 8.48. The fraction of sp³-hybridized carbons (Fsp3) is 0.423. The lowest BCUT2D eigenvalue weighted by Crippen LogP contribution is -2.48. The molecule has 0 bridgehead atoms. The lowest BCUT2D eigenvalue weighted by Gasteiger charge is -2.39. The minimum absolute atomic E-state index is 0.0828. The number of rotatable bonds is 6. The van der Waals surface area contributed by atoms with Crippen LogP contribution in [0.1, 0.15) is 44.2 Å². The highest BCUT2D eigenvalue weighted by Gasteiger charge is 2.29. The van der Waals surface area contributed by atoms with Crippen molar-refractivity contribution in [3.63, 3.8) is 0 Å². The molecule has 1 fully saturated rings. The molecule has 33 heavy (non-hydrogen) atoms. The summed E-state index contributed by atoms with van der Waals surface area (Å²) in [5.41, 5.74) is 4.69. The SMILES string of the molecule is Cc1cccc(C)c1NC(=O)CSc1nc2ccccc2n1CC(=O)N1[C@H](C)CCC[C@@H]1C. The Bertz CT molecular complexity index is 1140. The second-order valence-electron chi connectivity index (χ2n) is 9.00. The largest absolute Gasteiger partial charge is 0.336 e. The monoisotopic (exact) mass is 464 g/mol. The van der Waals surface area contributed by atoms with E-state index in [9.17, 15) is 9.59 Å². The summed E-state index contributed by atoms with van der Waals surface area (Å²) in [5.74, 6) is 0.252. The van der Waals surface area contributed by atoms with E-state index in [-0.39, 0.29) is 36.2 Å². The molecule has 1 aliphatic rings. The normalized spacial score (nSPS) is 18.5. The smallest absolute Gasteiger partial charge is 0.243 e. The Balaban J connectivity index is 1.52. The predicted octanol–water partition coefficient (Wildman–Crippen LogP) is 5.17.